The largest absolute Gasteiger partial charge is 0.508 e. The molecule has 5 N–H and O–H groups in total. The van der Waals surface area contributed by atoms with Gasteiger partial charge in [0.15, 0.2) is 0 Å². The van der Waals surface area contributed by atoms with Crippen molar-refractivity contribution in [1.82, 2.24) is 4.57 Å². The molecular formula is C15H13N3O2. The summed E-state index contributed by atoms with van der Waals surface area (Å²) in [6, 6.07) is 13.8. The zero-order valence-corrected chi connectivity index (χ0v) is 10.5. The minimum absolute atomic E-state index is 0.0793. The van der Waals surface area contributed by atoms with E-state index in [0.717, 1.165) is 5.52 Å². The molecule has 3 aromatic rings. The highest BCUT2D eigenvalue weighted by atomic mass is 16.3. The Bertz CT molecular complexity index is 804. The van der Waals surface area contributed by atoms with Gasteiger partial charge in [-0.2, -0.15) is 0 Å². The molecule has 0 aliphatic carbocycles. The molecule has 2 aromatic carbocycles. The molecule has 0 fully saturated rings. The number of hydrogen-bond donors (Lipinski definition) is 4. The molecule has 100 valence electrons. The van der Waals surface area contributed by atoms with E-state index in [4.69, 9.17) is 11.1 Å². The second-order valence-corrected chi connectivity index (χ2v) is 4.48. The number of phenolic OH excluding ortho intramolecular Hbond substituents is 1. The molecule has 0 saturated carbocycles. The first kappa shape index (κ1) is 12.1. The Morgan fingerprint density at radius 2 is 1.65 bits per heavy atom. The van der Waals surface area contributed by atoms with Gasteiger partial charge in [0.1, 0.15) is 11.6 Å². The molecule has 0 amide bonds. The van der Waals surface area contributed by atoms with Crippen LogP contribution in [0.5, 0.6) is 11.6 Å². The average molecular weight is 267 g/mol. The molecule has 0 atom stereocenters. The van der Waals surface area contributed by atoms with Crippen LogP contribution in [0.25, 0.3) is 16.6 Å². The van der Waals surface area contributed by atoms with E-state index in [1.54, 1.807) is 16.7 Å². The van der Waals surface area contributed by atoms with Gasteiger partial charge in [-0.05, 0) is 30.3 Å². The van der Waals surface area contributed by atoms with E-state index in [9.17, 15) is 10.2 Å². The fraction of sp³-hybridized carbons (Fsp3) is 0. The van der Waals surface area contributed by atoms with Gasteiger partial charge in [0.2, 0.25) is 5.88 Å². The molecule has 3 rings (SSSR count). The van der Waals surface area contributed by atoms with Gasteiger partial charge in [0.25, 0.3) is 0 Å². The number of aromatic nitrogens is 1. The number of nitrogens with one attached hydrogen (secondary N) is 1. The molecule has 1 heterocycles. The predicted molar refractivity (Wildman–Crippen MR) is 77.6 cm³/mol. The monoisotopic (exact) mass is 267 g/mol. The average Bonchev–Trinajstić information content (AvgIpc) is 2.72. The standard InChI is InChI=1S/C15H13N3O2/c16-14(17)13-11-3-1-2-4-12(11)18(15(13)20)9-5-7-10(19)8-6-9/h1-8,19-20H,(H3,16,17). The molecule has 5 heteroatoms. The van der Waals surface area contributed by atoms with E-state index in [2.05, 4.69) is 0 Å². The molecule has 0 saturated heterocycles. The minimum Gasteiger partial charge on any atom is -0.508 e. The van der Waals surface area contributed by atoms with Gasteiger partial charge < -0.3 is 15.9 Å². The Labute approximate surface area is 115 Å². The first-order valence-electron chi connectivity index (χ1n) is 6.06. The second kappa shape index (κ2) is 4.31. The van der Waals surface area contributed by atoms with Crippen LogP contribution in [-0.2, 0) is 0 Å². The highest BCUT2D eigenvalue weighted by Crippen LogP contribution is 2.34. The molecular weight excluding hydrogens is 254 g/mol. The summed E-state index contributed by atoms with van der Waals surface area (Å²) in [5, 5.41) is 28.1. The van der Waals surface area contributed by atoms with Crippen molar-refractivity contribution in [2.24, 2.45) is 5.73 Å². The number of phenols is 1. The van der Waals surface area contributed by atoms with E-state index in [-0.39, 0.29) is 17.5 Å². The van der Waals surface area contributed by atoms with Gasteiger partial charge in [-0.3, -0.25) is 9.98 Å². The summed E-state index contributed by atoms with van der Waals surface area (Å²) < 4.78 is 1.60. The lowest BCUT2D eigenvalue weighted by atomic mass is 10.1. The van der Waals surface area contributed by atoms with Crippen molar-refractivity contribution in [3.8, 4) is 17.3 Å². The Kier molecular flexibility index (Phi) is 2.61. The lowest BCUT2D eigenvalue weighted by molar-refractivity contribution is 0.443. The van der Waals surface area contributed by atoms with Gasteiger partial charge in [-0.1, -0.05) is 18.2 Å². The summed E-state index contributed by atoms with van der Waals surface area (Å²) in [6.07, 6.45) is 0. The highest BCUT2D eigenvalue weighted by molar-refractivity contribution is 6.10. The van der Waals surface area contributed by atoms with Crippen molar-refractivity contribution in [1.29, 1.82) is 5.41 Å². The van der Waals surface area contributed by atoms with E-state index >= 15 is 0 Å². The van der Waals surface area contributed by atoms with Crippen LogP contribution >= 0.6 is 0 Å². The van der Waals surface area contributed by atoms with Crippen LogP contribution in [0.1, 0.15) is 5.56 Å². The summed E-state index contributed by atoms with van der Waals surface area (Å²) in [4.78, 5) is 0. The van der Waals surface area contributed by atoms with Gasteiger partial charge in [0, 0.05) is 11.1 Å². The van der Waals surface area contributed by atoms with E-state index in [1.165, 1.54) is 12.1 Å². The van der Waals surface area contributed by atoms with E-state index in [0.29, 0.717) is 16.6 Å². The summed E-state index contributed by atoms with van der Waals surface area (Å²) in [5.41, 5.74) is 7.31. The van der Waals surface area contributed by atoms with Crippen LogP contribution < -0.4 is 5.73 Å². The first-order valence-corrected chi connectivity index (χ1v) is 6.06. The number of amidine groups is 1. The molecule has 20 heavy (non-hydrogen) atoms. The van der Waals surface area contributed by atoms with Gasteiger partial charge in [0.05, 0.1) is 11.1 Å². The van der Waals surface area contributed by atoms with Crippen LogP contribution in [0.4, 0.5) is 0 Å². The Hall–Kier alpha value is -2.95. The normalized spacial score (nSPS) is 10.8. The fourth-order valence-electron chi connectivity index (χ4n) is 2.35. The Morgan fingerprint density at radius 3 is 2.30 bits per heavy atom. The third-order valence-electron chi connectivity index (χ3n) is 3.23. The van der Waals surface area contributed by atoms with Crippen molar-refractivity contribution in [2.75, 3.05) is 0 Å². The number of aromatic hydroxyl groups is 2. The maximum atomic E-state index is 10.4. The highest BCUT2D eigenvalue weighted by Gasteiger charge is 2.19. The maximum Gasteiger partial charge on any atom is 0.208 e. The lowest BCUT2D eigenvalue weighted by Crippen LogP contribution is -2.10. The Balaban J connectivity index is 2.38. The summed E-state index contributed by atoms with van der Waals surface area (Å²) in [5.74, 6) is -0.114. The number of para-hydroxylation sites is 1. The van der Waals surface area contributed by atoms with Crippen LogP contribution in [-0.4, -0.2) is 20.6 Å². The molecule has 5 nitrogen and oxygen atoms in total. The smallest absolute Gasteiger partial charge is 0.208 e. The van der Waals surface area contributed by atoms with E-state index < -0.39 is 0 Å². The van der Waals surface area contributed by atoms with Crippen LogP contribution in [0.15, 0.2) is 48.5 Å². The SMILES string of the molecule is N=C(N)c1c(O)n(-c2ccc(O)cc2)c2ccccc12. The predicted octanol–water partition coefficient (Wildman–Crippen LogP) is 2.33. The summed E-state index contributed by atoms with van der Waals surface area (Å²) in [7, 11) is 0. The molecule has 0 unspecified atom stereocenters. The summed E-state index contributed by atoms with van der Waals surface area (Å²) in [6.45, 7) is 0. The fourth-order valence-corrected chi connectivity index (χ4v) is 2.35. The number of nitrogens with two attached hydrogens (primary N) is 1. The van der Waals surface area contributed by atoms with Crippen molar-refractivity contribution in [3.05, 3.63) is 54.1 Å². The number of hydrogen-bond acceptors (Lipinski definition) is 3. The van der Waals surface area contributed by atoms with Crippen molar-refractivity contribution in [2.45, 2.75) is 0 Å². The number of nitrogens with zero attached hydrogens (tertiary/aromatic N) is 1. The lowest BCUT2D eigenvalue weighted by Gasteiger charge is -2.07. The van der Waals surface area contributed by atoms with Gasteiger partial charge >= 0.3 is 0 Å². The zero-order chi connectivity index (χ0) is 14.3. The maximum absolute atomic E-state index is 10.4. The van der Waals surface area contributed by atoms with Crippen molar-refractivity contribution in [3.63, 3.8) is 0 Å². The quantitative estimate of drug-likeness (QED) is 0.424. The van der Waals surface area contributed by atoms with Crippen LogP contribution in [0, 0.1) is 5.41 Å². The van der Waals surface area contributed by atoms with Crippen LogP contribution in [0.3, 0.4) is 0 Å². The van der Waals surface area contributed by atoms with Crippen molar-refractivity contribution < 1.29 is 10.2 Å². The second-order valence-electron chi connectivity index (χ2n) is 4.48. The van der Waals surface area contributed by atoms with Gasteiger partial charge in [-0.25, -0.2) is 0 Å². The van der Waals surface area contributed by atoms with E-state index in [1.807, 2.05) is 24.3 Å². The summed E-state index contributed by atoms with van der Waals surface area (Å²) >= 11 is 0. The molecule has 0 spiro atoms. The molecule has 0 aliphatic rings. The molecule has 0 bridgehead atoms. The molecule has 0 aliphatic heterocycles. The zero-order valence-electron chi connectivity index (χ0n) is 10.5. The third kappa shape index (κ3) is 1.68. The third-order valence-corrected chi connectivity index (χ3v) is 3.23. The minimum atomic E-state index is -0.184. The topological polar surface area (TPSA) is 95.3 Å². The number of rotatable bonds is 2. The number of benzene rings is 2. The first-order chi connectivity index (χ1) is 9.59. The molecule has 0 radical (unpaired) electrons. The molecule has 1 aromatic heterocycles. The number of nitrogen functional groups attached to an aromatic ring is 1. The van der Waals surface area contributed by atoms with Crippen molar-refractivity contribution >= 4 is 16.7 Å². The number of fused-ring (bicyclic) bond motifs is 1. The van der Waals surface area contributed by atoms with Crippen LogP contribution in [0.2, 0.25) is 0 Å². The van der Waals surface area contributed by atoms with Gasteiger partial charge in [-0.15, -0.1) is 0 Å². The Morgan fingerprint density at radius 1 is 1.00 bits per heavy atom.